The zero-order valence-electron chi connectivity index (χ0n) is 17.2. The molecule has 0 radical (unpaired) electrons. The molecule has 1 saturated heterocycles. The molecule has 0 spiro atoms. The third-order valence-corrected chi connectivity index (χ3v) is 6.53. The Morgan fingerprint density at radius 1 is 1.19 bits per heavy atom. The van der Waals surface area contributed by atoms with Gasteiger partial charge in [0.25, 0.3) is 11.8 Å². The van der Waals surface area contributed by atoms with E-state index in [4.69, 9.17) is 9.15 Å². The Hall–Kier alpha value is -3.23. The van der Waals surface area contributed by atoms with Crippen LogP contribution in [0.1, 0.15) is 31.9 Å². The number of nitrogens with zero attached hydrogens (tertiary/aromatic N) is 3. The number of hydrogen-bond donors (Lipinski definition) is 0. The van der Waals surface area contributed by atoms with Gasteiger partial charge in [0.2, 0.25) is 0 Å². The van der Waals surface area contributed by atoms with Gasteiger partial charge in [0.1, 0.15) is 21.4 Å². The van der Waals surface area contributed by atoms with Gasteiger partial charge in [-0.2, -0.15) is 0 Å². The molecule has 0 bridgehead atoms. The van der Waals surface area contributed by atoms with Crippen LogP contribution in [0.15, 0.2) is 53.1 Å². The van der Waals surface area contributed by atoms with Gasteiger partial charge in [-0.3, -0.25) is 9.59 Å². The van der Waals surface area contributed by atoms with E-state index in [9.17, 15) is 9.59 Å². The van der Waals surface area contributed by atoms with Crippen LogP contribution >= 0.6 is 11.3 Å². The van der Waals surface area contributed by atoms with Crippen LogP contribution in [0.5, 0.6) is 0 Å². The van der Waals surface area contributed by atoms with Crippen molar-refractivity contribution in [2.24, 2.45) is 0 Å². The molecule has 0 aliphatic carbocycles. The molecule has 1 aliphatic rings. The van der Waals surface area contributed by atoms with Crippen molar-refractivity contribution in [1.82, 2.24) is 14.8 Å². The number of amides is 2. The van der Waals surface area contributed by atoms with Crippen LogP contribution in [-0.2, 0) is 4.74 Å². The molecule has 8 heteroatoms. The van der Waals surface area contributed by atoms with E-state index in [1.807, 2.05) is 36.4 Å². The minimum Gasteiger partial charge on any atom is -0.451 e. The SMILES string of the molecule is CN(C)C(=O)c1sc2ncccc2c1[C@H]1CN(C(=O)c2cc3ccccc3o2)CCO1. The molecule has 7 nitrogen and oxygen atoms in total. The zero-order valence-corrected chi connectivity index (χ0v) is 18.0. The van der Waals surface area contributed by atoms with Crippen molar-refractivity contribution in [3.05, 3.63) is 64.9 Å². The molecular formula is C23H21N3O4S. The summed E-state index contributed by atoms with van der Waals surface area (Å²) in [5.74, 6) is 0.0354. The van der Waals surface area contributed by atoms with E-state index in [-0.39, 0.29) is 11.8 Å². The third kappa shape index (κ3) is 3.47. The fourth-order valence-corrected chi connectivity index (χ4v) is 5.10. The summed E-state index contributed by atoms with van der Waals surface area (Å²) in [5.41, 5.74) is 1.48. The van der Waals surface area contributed by atoms with Crippen LogP contribution in [-0.4, -0.2) is 60.4 Å². The number of ether oxygens (including phenoxy) is 1. The Labute approximate surface area is 182 Å². The molecule has 0 unspecified atom stereocenters. The summed E-state index contributed by atoms with van der Waals surface area (Å²) >= 11 is 1.36. The van der Waals surface area contributed by atoms with Gasteiger partial charge < -0.3 is 19.0 Å². The first-order valence-electron chi connectivity index (χ1n) is 10.0. The molecule has 0 N–H and O–H groups in total. The fourth-order valence-electron chi connectivity index (χ4n) is 3.88. The van der Waals surface area contributed by atoms with Crippen LogP contribution in [0.3, 0.4) is 0 Å². The maximum absolute atomic E-state index is 13.2. The van der Waals surface area contributed by atoms with Gasteiger partial charge >= 0.3 is 0 Å². The van der Waals surface area contributed by atoms with Gasteiger partial charge in [0.05, 0.1) is 13.2 Å². The largest absolute Gasteiger partial charge is 0.451 e. The van der Waals surface area contributed by atoms with E-state index in [1.54, 1.807) is 36.2 Å². The van der Waals surface area contributed by atoms with E-state index < -0.39 is 6.10 Å². The topological polar surface area (TPSA) is 75.9 Å². The highest BCUT2D eigenvalue weighted by atomic mass is 32.1. The number of carbonyl (C=O) groups excluding carboxylic acids is 2. The van der Waals surface area contributed by atoms with Crippen LogP contribution < -0.4 is 0 Å². The summed E-state index contributed by atoms with van der Waals surface area (Å²) < 4.78 is 11.8. The number of thiophene rings is 1. The zero-order chi connectivity index (χ0) is 21.5. The number of rotatable bonds is 3. The lowest BCUT2D eigenvalue weighted by Gasteiger charge is -2.33. The molecule has 31 heavy (non-hydrogen) atoms. The second-order valence-corrected chi connectivity index (χ2v) is 8.66. The van der Waals surface area contributed by atoms with Crippen molar-refractivity contribution < 1.29 is 18.7 Å². The monoisotopic (exact) mass is 435 g/mol. The molecule has 0 saturated carbocycles. The summed E-state index contributed by atoms with van der Waals surface area (Å²) in [6.07, 6.45) is 1.30. The second-order valence-electron chi connectivity index (χ2n) is 7.66. The Balaban J connectivity index is 1.49. The molecule has 4 heterocycles. The van der Waals surface area contributed by atoms with Gasteiger partial charge in [0.15, 0.2) is 5.76 Å². The average Bonchev–Trinajstić information content (AvgIpc) is 3.39. The molecule has 5 rings (SSSR count). The number of pyridine rings is 1. The summed E-state index contributed by atoms with van der Waals surface area (Å²) in [7, 11) is 3.45. The van der Waals surface area contributed by atoms with Crippen LogP contribution in [0.2, 0.25) is 0 Å². The van der Waals surface area contributed by atoms with Crippen molar-refractivity contribution in [3.8, 4) is 0 Å². The van der Waals surface area contributed by atoms with Gasteiger partial charge in [-0.05, 0) is 18.2 Å². The Morgan fingerprint density at radius 3 is 2.84 bits per heavy atom. The molecule has 158 valence electrons. The van der Waals surface area contributed by atoms with Crippen LogP contribution in [0, 0.1) is 0 Å². The number of aromatic nitrogens is 1. The molecule has 1 fully saturated rings. The van der Waals surface area contributed by atoms with Gasteiger partial charge in [-0.1, -0.05) is 24.3 Å². The lowest BCUT2D eigenvalue weighted by molar-refractivity contribution is -0.0232. The highest BCUT2D eigenvalue weighted by Gasteiger charge is 2.33. The van der Waals surface area contributed by atoms with Crippen LogP contribution in [0.25, 0.3) is 21.2 Å². The normalized spacial score (nSPS) is 16.7. The number of carbonyl (C=O) groups is 2. The standard InChI is InChI=1S/C23H21N3O4S/c1-25(2)23(28)20-19(15-7-5-9-24-21(15)31-20)18-13-26(10-11-29-18)22(27)17-12-14-6-3-4-8-16(14)30-17/h3-9,12,18H,10-11,13H2,1-2H3/t18-/m1/s1. The number of fused-ring (bicyclic) bond motifs is 2. The molecule has 1 atom stereocenters. The van der Waals surface area contributed by atoms with Crippen molar-refractivity contribution in [1.29, 1.82) is 0 Å². The third-order valence-electron chi connectivity index (χ3n) is 5.42. The summed E-state index contributed by atoms with van der Waals surface area (Å²) in [6.45, 7) is 1.18. The molecule has 2 amide bonds. The van der Waals surface area contributed by atoms with Gasteiger partial charge in [-0.15, -0.1) is 11.3 Å². The number of benzene rings is 1. The average molecular weight is 436 g/mol. The quantitative estimate of drug-likeness (QED) is 0.487. The minimum absolute atomic E-state index is 0.0951. The van der Waals surface area contributed by atoms with E-state index in [2.05, 4.69) is 4.98 Å². The highest BCUT2D eigenvalue weighted by molar-refractivity contribution is 7.20. The molecular weight excluding hydrogens is 414 g/mol. The van der Waals surface area contributed by atoms with Crippen molar-refractivity contribution in [2.75, 3.05) is 33.8 Å². The van der Waals surface area contributed by atoms with Crippen molar-refractivity contribution in [3.63, 3.8) is 0 Å². The van der Waals surface area contributed by atoms with E-state index >= 15 is 0 Å². The maximum Gasteiger partial charge on any atom is 0.289 e. The Kier molecular flexibility index (Phi) is 4.95. The molecule has 3 aromatic heterocycles. The molecule has 4 aromatic rings. The Morgan fingerprint density at radius 2 is 2.03 bits per heavy atom. The van der Waals surface area contributed by atoms with Crippen molar-refractivity contribution in [2.45, 2.75) is 6.10 Å². The van der Waals surface area contributed by atoms with E-state index in [1.165, 1.54) is 11.3 Å². The first-order chi connectivity index (χ1) is 15.0. The van der Waals surface area contributed by atoms with Gasteiger partial charge in [-0.25, -0.2) is 4.98 Å². The molecule has 1 aromatic carbocycles. The van der Waals surface area contributed by atoms with Crippen molar-refractivity contribution >= 4 is 44.3 Å². The van der Waals surface area contributed by atoms with E-state index in [0.29, 0.717) is 35.9 Å². The summed E-state index contributed by atoms with van der Waals surface area (Å²) in [4.78, 5) is 35.1. The maximum atomic E-state index is 13.2. The molecule has 1 aliphatic heterocycles. The summed E-state index contributed by atoms with van der Waals surface area (Å²) in [6, 6.07) is 13.1. The predicted molar refractivity (Wildman–Crippen MR) is 118 cm³/mol. The van der Waals surface area contributed by atoms with Gasteiger partial charge in [0, 0.05) is 43.2 Å². The highest BCUT2D eigenvalue weighted by Crippen LogP contribution is 2.38. The number of hydrogen-bond acceptors (Lipinski definition) is 6. The summed E-state index contributed by atoms with van der Waals surface area (Å²) in [5, 5.41) is 1.78. The fraction of sp³-hybridized carbons (Fsp3) is 0.261. The Bertz CT molecular complexity index is 1260. The second kappa shape index (κ2) is 7.79. The number of para-hydroxylation sites is 1. The number of morpholine rings is 1. The lowest BCUT2D eigenvalue weighted by atomic mass is 10.0. The first kappa shape index (κ1) is 19.7. The minimum atomic E-state index is -0.418. The van der Waals surface area contributed by atoms with Crippen LogP contribution in [0.4, 0.5) is 0 Å². The van der Waals surface area contributed by atoms with E-state index in [0.717, 1.165) is 21.2 Å². The smallest absolute Gasteiger partial charge is 0.289 e. The predicted octanol–water partition coefficient (Wildman–Crippen LogP) is 3.96. The first-order valence-corrected chi connectivity index (χ1v) is 10.8. The lowest BCUT2D eigenvalue weighted by Crippen LogP contribution is -2.42. The number of furan rings is 1.